The molecule has 0 unspecified atom stereocenters. The monoisotopic (exact) mass is 441 g/mol. The Morgan fingerprint density at radius 2 is 1.56 bits per heavy atom. The number of hydrogen-bond donors (Lipinski definition) is 3. The number of carbonyl (C=O) groups excluding carboxylic acids is 2. The predicted molar refractivity (Wildman–Crippen MR) is 128 cm³/mol. The fraction of sp³-hybridized carbons (Fsp3) is 0.440. The second-order valence-corrected chi connectivity index (χ2v) is 7.51. The van der Waals surface area contributed by atoms with Crippen molar-refractivity contribution in [1.29, 1.82) is 0 Å². The number of benzene rings is 2. The summed E-state index contributed by atoms with van der Waals surface area (Å²) >= 11 is 0. The fourth-order valence-electron chi connectivity index (χ4n) is 3.00. The number of methoxy groups -OCH3 is 1. The lowest BCUT2D eigenvalue weighted by molar-refractivity contribution is -0.114. The highest BCUT2D eigenvalue weighted by atomic mass is 16.5. The molecule has 7 heteroatoms. The van der Waals surface area contributed by atoms with E-state index in [1.54, 1.807) is 31.4 Å². The quantitative estimate of drug-likeness (QED) is 0.355. The molecule has 7 nitrogen and oxygen atoms in total. The fourth-order valence-corrected chi connectivity index (χ4v) is 3.00. The Kier molecular flexibility index (Phi) is 11.7. The van der Waals surface area contributed by atoms with Crippen LogP contribution in [0.2, 0.25) is 0 Å². The highest BCUT2D eigenvalue weighted by Gasteiger charge is 2.07. The van der Waals surface area contributed by atoms with Crippen molar-refractivity contribution in [2.24, 2.45) is 0 Å². The SMILES string of the molecule is CCCCCCOc1ccc(NCC(=O)Nc2ccc(C(=O)NCCCOC)cc2)cc1. The molecule has 0 spiro atoms. The lowest BCUT2D eigenvalue weighted by atomic mass is 10.2. The van der Waals surface area contributed by atoms with Crippen LogP contribution in [0.25, 0.3) is 0 Å². The lowest BCUT2D eigenvalue weighted by Crippen LogP contribution is -2.25. The smallest absolute Gasteiger partial charge is 0.251 e. The second-order valence-electron chi connectivity index (χ2n) is 7.51. The molecular weight excluding hydrogens is 406 g/mol. The number of nitrogens with one attached hydrogen (secondary N) is 3. The first-order valence-electron chi connectivity index (χ1n) is 11.3. The lowest BCUT2D eigenvalue weighted by Gasteiger charge is -2.10. The molecule has 0 aliphatic heterocycles. The first-order valence-corrected chi connectivity index (χ1v) is 11.3. The van der Waals surface area contributed by atoms with E-state index in [0.717, 1.165) is 30.9 Å². The van der Waals surface area contributed by atoms with Gasteiger partial charge >= 0.3 is 0 Å². The molecule has 174 valence electrons. The van der Waals surface area contributed by atoms with E-state index in [2.05, 4.69) is 22.9 Å². The molecule has 0 saturated carbocycles. The van der Waals surface area contributed by atoms with Crippen molar-refractivity contribution >= 4 is 23.2 Å². The minimum Gasteiger partial charge on any atom is -0.494 e. The molecule has 0 aromatic heterocycles. The van der Waals surface area contributed by atoms with Crippen molar-refractivity contribution < 1.29 is 19.1 Å². The van der Waals surface area contributed by atoms with Crippen LogP contribution in [-0.4, -0.2) is 45.2 Å². The summed E-state index contributed by atoms with van der Waals surface area (Å²) in [5.74, 6) is 0.520. The van der Waals surface area contributed by atoms with Gasteiger partial charge in [-0.3, -0.25) is 9.59 Å². The van der Waals surface area contributed by atoms with Crippen molar-refractivity contribution in [2.45, 2.75) is 39.0 Å². The van der Waals surface area contributed by atoms with E-state index in [1.807, 2.05) is 24.3 Å². The predicted octanol–water partition coefficient (Wildman–Crippen LogP) is 4.46. The molecule has 32 heavy (non-hydrogen) atoms. The first-order chi connectivity index (χ1) is 15.6. The van der Waals surface area contributed by atoms with Crippen molar-refractivity contribution in [3.63, 3.8) is 0 Å². The maximum atomic E-state index is 12.2. The number of hydrogen-bond acceptors (Lipinski definition) is 5. The Labute approximate surface area is 190 Å². The van der Waals surface area contributed by atoms with Crippen LogP contribution in [0.5, 0.6) is 5.75 Å². The van der Waals surface area contributed by atoms with Crippen molar-refractivity contribution in [2.75, 3.05) is 44.0 Å². The van der Waals surface area contributed by atoms with Gasteiger partial charge in [-0.2, -0.15) is 0 Å². The van der Waals surface area contributed by atoms with Crippen molar-refractivity contribution in [1.82, 2.24) is 5.32 Å². The van der Waals surface area contributed by atoms with Crippen LogP contribution in [0, 0.1) is 0 Å². The third-order valence-electron chi connectivity index (χ3n) is 4.82. The van der Waals surface area contributed by atoms with Crippen molar-refractivity contribution in [3.8, 4) is 5.75 Å². The molecule has 2 amide bonds. The van der Waals surface area contributed by atoms with E-state index in [1.165, 1.54) is 19.3 Å². The van der Waals surface area contributed by atoms with Gasteiger partial charge in [-0.1, -0.05) is 26.2 Å². The van der Waals surface area contributed by atoms with E-state index < -0.39 is 0 Å². The van der Waals surface area contributed by atoms with Crippen LogP contribution in [-0.2, 0) is 9.53 Å². The number of anilines is 2. The summed E-state index contributed by atoms with van der Waals surface area (Å²) in [5.41, 5.74) is 2.03. The Balaban J connectivity index is 1.69. The Bertz CT molecular complexity index is 807. The summed E-state index contributed by atoms with van der Waals surface area (Å²) < 4.78 is 10.7. The first kappa shape index (κ1) is 25.2. The molecule has 2 aromatic carbocycles. The van der Waals surface area contributed by atoms with Crippen LogP contribution in [0.1, 0.15) is 49.4 Å². The molecule has 0 aliphatic rings. The number of rotatable bonds is 15. The Hall–Kier alpha value is -3.06. The number of ether oxygens (including phenoxy) is 2. The van der Waals surface area contributed by atoms with Gasteiger partial charge in [0, 0.05) is 37.2 Å². The molecule has 3 N–H and O–H groups in total. The summed E-state index contributed by atoms with van der Waals surface area (Å²) in [6, 6.07) is 14.4. The van der Waals surface area contributed by atoms with Crippen LogP contribution in [0.15, 0.2) is 48.5 Å². The van der Waals surface area contributed by atoms with E-state index in [0.29, 0.717) is 24.4 Å². The molecule has 0 radical (unpaired) electrons. The molecule has 0 saturated heterocycles. The zero-order chi connectivity index (χ0) is 23.0. The minimum atomic E-state index is -0.169. The van der Waals surface area contributed by atoms with Gasteiger partial charge in [0.25, 0.3) is 5.91 Å². The number of carbonyl (C=O) groups is 2. The average molecular weight is 442 g/mol. The molecular formula is C25H35N3O4. The number of amides is 2. The summed E-state index contributed by atoms with van der Waals surface area (Å²) in [6.07, 6.45) is 5.47. The number of unbranched alkanes of at least 4 members (excludes halogenated alkanes) is 3. The Morgan fingerprint density at radius 3 is 2.25 bits per heavy atom. The van der Waals surface area contributed by atoms with E-state index in [4.69, 9.17) is 9.47 Å². The van der Waals surface area contributed by atoms with Gasteiger partial charge in [0.1, 0.15) is 5.75 Å². The highest BCUT2D eigenvalue weighted by molar-refractivity contribution is 5.96. The second kappa shape index (κ2) is 14.9. The van der Waals surface area contributed by atoms with Crippen LogP contribution in [0.3, 0.4) is 0 Å². The van der Waals surface area contributed by atoms with Gasteiger partial charge in [0.15, 0.2) is 0 Å². The normalized spacial score (nSPS) is 10.4. The molecule has 2 rings (SSSR count). The molecule has 0 heterocycles. The summed E-state index contributed by atoms with van der Waals surface area (Å²) in [6.45, 7) is 4.22. The largest absolute Gasteiger partial charge is 0.494 e. The third kappa shape index (κ3) is 9.83. The van der Waals surface area contributed by atoms with E-state index >= 15 is 0 Å². The molecule has 0 fully saturated rings. The minimum absolute atomic E-state index is 0.138. The van der Waals surface area contributed by atoms with Crippen LogP contribution >= 0.6 is 0 Å². The van der Waals surface area contributed by atoms with Gasteiger partial charge in [0.2, 0.25) is 5.91 Å². The van der Waals surface area contributed by atoms with Gasteiger partial charge in [-0.25, -0.2) is 0 Å². The molecule has 0 bridgehead atoms. The van der Waals surface area contributed by atoms with E-state index in [-0.39, 0.29) is 18.4 Å². The zero-order valence-corrected chi connectivity index (χ0v) is 19.1. The molecule has 0 aliphatic carbocycles. The zero-order valence-electron chi connectivity index (χ0n) is 19.1. The molecule has 0 atom stereocenters. The summed E-state index contributed by atoms with van der Waals surface area (Å²) in [5, 5.41) is 8.75. The van der Waals surface area contributed by atoms with Crippen LogP contribution < -0.4 is 20.7 Å². The van der Waals surface area contributed by atoms with E-state index in [9.17, 15) is 9.59 Å². The van der Waals surface area contributed by atoms with Gasteiger partial charge < -0.3 is 25.4 Å². The summed E-state index contributed by atoms with van der Waals surface area (Å²) in [7, 11) is 1.63. The highest BCUT2D eigenvalue weighted by Crippen LogP contribution is 2.16. The maximum absolute atomic E-state index is 12.2. The molecule has 2 aromatic rings. The summed E-state index contributed by atoms with van der Waals surface area (Å²) in [4.78, 5) is 24.3. The van der Waals surface area contributed by atoms with Crippen LogP contribution in [0.4, 0.5) is 11.4 Å². The maximum Gasteiger partial charge on any atom is 0.251 e. The Morgan fingerprint density at radius 1 is 0.844 bits per heavy atom. The van der Waals surface area contributed by atoms with Gasteiger partial charge in [0.05, 0.1) is 13.2 Å². The van der Waals surface area contributed by atoms with Crippen molar-refractivity contribution in [3.05, 3.63) is 54.1 Å². The van der Waals surface area contributed by atoms with Gasteiger partial charge in [-0.05, 0) is 61.4 Å². The third-order valence-corrected chi connectivity index (χ3v) is 4.82. The van der Waals surface area contributed by atoms with Gasteiger partial charge in [-0.15, -0.1) is 0 Å². The average Bonchev–Trinajstić information content (AvgIpc) is 2.81. The standard InChI is InChI=1S/C25H35N3O4/c1-3-4-5-6-18-32-23-14-12-21(13-15-23)27-19-24(29)28-22-10-8-20(9-11-22)25(30)26-16-7-17-31-2/h8-15,27H,3-7,16-19H2,1-2H3,(H,26,30)(H,28,29). The topological polar surface area (TPSA) is 88.7 Å².